The number of rotatable bonds is 6. The summed E-state index contributed by atoms with van der Waals surface area (Å²) in [6, 6.07) is 5.72. The van der Waals surface area contributed by atoms with Gasteiger partial charge in [-0.3, -0.25) is 9.69 Å². The Morgan fingerprint density at radius 3 is 2.34 bits per heavy atom. The number of nitrogens with one attached hydrogen (secondary N) is 1. The summed E-state index contributed by atoms with van der Waals surface area (Å²) in [5.74, 6) is 0.581. The van der Waals surface area contributed by atoms with Crippen molar-refractivity contribution in [2.45, 2.75) is 44.6 Å². The van der Waals surface area contributed by atoms with Crippen molar-refractivity contribution in [1.29, 1.82) is 5.26 Å². The second-order valence-electron chi connectivity index (χ2n) is 7.96. The van der Waals surface area contributed by atoms with Crippen molar-refractivity contribution >= 4 is 46.4 Å². The van der Waals surface area contributed by atoms with Gasteiger partial charge in [0.15, 0.2) is 0 Å². The minimum absolute atomic E-state index is 0.0423. The molecule has 1 heterocycles. The average Bonchev–Trinajstić information content (AvgIpc) is 2.71. The van der Waals surface area contributed by atoms with Crippen LogP contribution < -0.4 is 10.2 Å². The van der Waals surface area contributed by atoms with Gasteiger partial charge in [-0.05, 0) is 56.7 Å². The third kappa shape index (κ3) is 6.39. The molecule has 29 heavy (non-hydrogen) atoms. The van der Waals surface area contributed by atoms with Crippen molar-refractivity contribution in [3.63, 3.8) is 0 Å². The van der Waals surface area contributed by atoms with Gasteiger partial charge in [0.2, 0.25) is 5.91 Å². The maximum Gasteiger partial charge on any atom is 0.234 e. The van der Waals surface area contributed by atoms with E-state index in [-0.39, 0.29) is 18.4 Å². The minimum atomic E-state index is -0.143. The standard InChI is InChI=1S/C21H27Cl3N4O/c22-17-13-19(24)20(14-18(17)23)28-11-9-27(10-12-28)8-6-15-1-3-16(4-2-15)26-21(29)5-7-25/h13-16H,1-6,8-12H2,(H,26,29)/t15-,16-. The molecule has 2 aliphatic rings. The van der Waals surface area contributed by atoms with Crippen LogP contribution in [0.4, 0.5) is 5.69 Å². The first-order chi connectivity index (χ1) is 14.0. The molecular formula is C21H27Cl3N4O. The van der Waals surface area contributed by atoms with E-state index in [2.05, 4.69) is 15.1 Å². The first-order valence-corrected chi connectivity index (χ1v) is 11.4. The zero-order valence-electron chi connectivity index (χ0n) is 16.5. The van der Waals surface area contributed by atoms with Gasteiger partial charge in [0, 0.05) is 32.2 Å². The molecule has 5 nitrogen and oxygen atoms in total. The molecule has 0 spiro atoms. The van der Waals surface area contributed by atoms with E-state index in [1.54, 1.807) is 6.07 Å². The fourth-order valence-corrected chi connectivity index (χ4v) is 4.94. The van der Waals surface area contributed by atoms with Crippen molar-refractivity contribution in [2.24, 2.45) is 5.92 Å². The molecular weight excluding hydrogens is 431 g/mol. The fraction of sp³-hybridized carbons (Fsp3) is 0.619. The number of carbonyl (C=O) groups excluding carboxylic acids is 1. The molecule has 8 heteroatoms. The Labute approximate surface area is 187 Å². The topological polar surface area (TPSA) is 59.4 Å². The second-order valence-corrected chi connectivity index (χ2v) is 9.18. The van der Waals surface area contributed by atoms with E-state index < -0.39 is 0 Å². The summed E-state index contributed by atoms with van der Waals surface area (Å²) >= 11 is 18.5. The first kappa shape index (κ1) is 22.5. The van der Waals surface area contributed by atoms with E-state index in [4.69, 9.17) is 40.1 Å². The van der Waals surface area contributed by atoms with Crippen molar-refractivity contribution < 1.29 is 4.79 Å². The third-order valence-corrected chi connectivity index (χ3v) is 7.03. The number of nitrogens with zero attached hydrogens (tertiary/aromatic N) is 3. The molecule has 1 aliphatic carbocycles. The van der Waals surface area contributed by atoms with Crippen LogP contribution >= 0.6 is 34.8 Å². The molecule has 0 bridgehead atoms. The van der Waals surface area contributed by atoms with Crippen molar-refractivity contribution in [2.75, 3.05) is 37.6 Å². The van der Waals surface area contributed by atoms with Crippen molar-refractivity contribution in [3.8, 4) is 6.07 Å². The molecule has 1 aromatic rings. The summed E-state index contributed by atoms with van der Waals surface area (Å²) in [5.41, 5.74) is 0.956. The average molecular weight is 458 g/mol. The maximum atomic E-state index is 11.5. The predicted molar refractivity (Wildman–Crippen MR) is 119 cm³/mol. The normalized spacial score (nSPS) is 22.9. The smallest absolute Gasteiger partial charge is 0.234 e. The van der Waals surface area contributed by atoms with E-state index in [0.717, 1.165) is 70.0 Å². The number of anilines is 1. The van der Waals surface area contributed by atoms with Crippen LogP contribution in [-0.4, -0.2) is 49.6 Å². The molecule has 1 amide bonds. The highest BCUT2D eigenvalue weighted by Crippen LogP contribution is 2.35. The van der Waals surface area contributed by atoms with Crippen LogP contribution in [0.3, 0.4) is 0 Å². The van der Waals surface area contributed by atoms with E-state index >= 15 is 0 Å². The Morgan fingerprint density at radius 2 is 1.69 bits per heavy atom. The predicted octanol–water partition coefficient (Wildman–Crippen LogP) is 4.75. The molecule has 1 N–H and O–H groups in total. The van der Waals surface area contributed by atoms with Crippen LogP contribution in [0.1, 0.15) is 38.5 Å². The van der Waals surface area contributed by atoms with Gasteiger partial charge in [0.05, 0.1) is 26.8 Å². The number of nitriles is 1. The maximum absolute atomic E-state index is 11.5. The number of benzene rings is 1. The molecule has 1 saturated heterocycles. The Kier molecular flexibility index (Phi) is 8.32. The van der Waals surface area contributed by atoms with Crippen LogP contribution in [-0.2, 0) is 4.79 Å². The summed E-state index contributed by atoms with van der Waals surface area (Å²) in [6.45, 7) is 4.98. The number of carbonyl (C=O) groups is 1. The van der Waals surface area contributed by atoms with Crippen molar-refractivity contribution in [1.82, 2.24) is 10.2 Å². The molecule has 158 valence electrons. The van der Waals surface area contributed by atoms with Gasteiger partial charge in [0.25, 0.3) is 0 Å². The van der Waals surface area contributed by atoms with Gasteiger partial charge in [-0.15, -0.1) is 0 Å². The zero-order valence-corrected chi connectivity index (χ0v) is 18.7. The molecule has 1 aliphatic heterocycles. The highest BCUT2D eigenvalue weighted by Gasteiger charge is 2.24. The molecule has 0 unspecified atom stereocenters. The SMILES string of the molecule is N#CCC(=O)N[C@H]1CC[C@H](CCN2CCN(c3cc(Cl)c(Cl)cc3Cl)CC2)CC1. The number of piperazine rings is 1. The molecule has 1 aromatic carbocycles. The van der Waals surface area contributed by atoms with E-state index in [9.17, 15) is 4.79 Å². The van der Waals surface area contributed by atoms with Gasteiger partial charge in [0.1, 0.15) is 6.42 Å². The molecule has 3 rings (SSSR count). The van der Waals surface area contributed by atoms with Crippen molar-refractivity contribution in [3.05, 3.63) is 27.2 Å². The number of amides is 1. The molecule has 0 radical (unpaired) electrons. The summed E-state index contributed by atoms with van der Waals surface area (Å²) in [7, 11) is 0. The quantitative estimate of drug-likeness (QED) is 0.626. The Hall–Kier alpha value is -1.19. The lowest BCUT2D eigenvalue weighted by molar-refractivity contribution is -0.121. The van der Waals surface area contributed by atoms with Crippen LogP contribution in [0.15, 0.2) is 12.1 Å². The lowest BCUT2D eigenvalue weighted by atomic mass is 9.84. The Morgan fingerprint density at radius 1 is 1.03 bits per heavy atom. The van der Waals surface area contributed by atoms with Crippen LogP contribution in [0, 0.1) is 17.2 Å². The van der Waals surface area contributed by atoms with Gasteiger partial charge in [-0.25, -0.2) is 0 Å². The van der Waals surface area contributed by atoms with Crippen LogP contribution in [0.2, 0.25) is 15.1 Å². The summed E-state index contributed by atoms with van der Waals surface area (Å²) < 4.78 is 0. The summed E-state index contributed by atoms with van der Waals surface area (Å²) in [4.78, 5) is 16.3. The zero-order chi connectivity index (χ0) is 20.8. The first-order valence-electron chi connectivity index (χ1n) is 10.2. The molecule has 1 saturated carbocycles. The highest BCUT2D eigenvalue weighted by molar-refractivity contribution is 6.44. The Bertz CT molecular complexity index is 751. The van der Waals surface area contributed by atoms with E-state index in [0.29, 0.717) is 15.1 Å². The lowest BCUT2D eigenvalue weighted by Gasteiger charge is -2.37. The fourth-order valence-electron chi connectivity index (χ4n) is 4.28. The number of halogens is 3. The second kappa shape index (κ2) is 10.7. The number of hydrogen-bond donors (Lipinski definition) is 1. The third-order valence-electron chi connectivity index (χ3n) is 6.01. The molecule has 2 fully saturated rings. The van der Waals surface area contributed by atoms with Gasteiger partial charge < -0.3 is 10.2 Å². The Balaban J connectivity index is 1.37. The van der Waals surface area contributed by atoms with Gasteiger partial charge in [-0.1, -0.05) is 34.8 Å². The van der Waals surface area contributed by atoms with E-state index in [1.165, 1.54) is 6.42 Å². The largest absolute Gasteiger partial charge is 0.368 e. The highest BCUT2D eigenvalue weighted by atomic mass is 35.5. The summed E-state index contributed by atoms with van der Waals surface area (Å²) in [6.07, 6.45) is 5.50. The molecule has 0 atom stereocenters. The van der Waals surface area contributed by atoms with E-state index in [1.807, 2.05) is 12.1 Å². The summed E-state index contributed by atoms with van der Waals surface area (Å²) in [5, 5.41) is 13.2. The lowest BCUT2D eigenvalue weighted by Crippen LogP contribution is -2.47. The van der Waals surface area contributed by atoms with Crippen LogP contribution in [0.25, 0.3) is 0 Å². The number of hydrogen-bond acceptors (Lipinski definition) is 4. The van der Waals surface area contributed by atoms with Gasteiger partial charge in [-0.2, -0.15) is 5.26 Å². The van der Waals surface area contributed by atoms with Gasteiger partial charge >= 0.3 is 0 Å². The monoisotopic (exact) mass is 456 g/mol. The minimum Gasteiger partial charge on any atom is -0.368 e. The molecule has 0 aromatic heterocycles. The van der Waals surface area contributed by atoms with Crippen LogP contribution in [0.5, 0.6) is 0 Å².